The Hall–Kier alpha value is -2.53. The van der Waals surface area contributed by atoms with Crippen LogP contribution >= 0.6 is 0 Å². The summed E-state index contributed by atoms with van der Waals surface area (Å²) in [6.45, 7) is 15.9. The van der Waals surface area contributed by atoms with Crippen molar-refractivity contribution in [1.29, 1.82) is 0 Å². The zero-order valence-electron chi connectivity index (χ0n) is 28.5. The number of aliphatic hydroxyl groups excluding tert-OH is 1. The summed E-state index contributed by atoms with van der Waals surface area (Å²) in [6, 6.07) is 27.6. The fraction of sp³-hybridized carbons (Fsp3) is 0.385. The number of fused-ring (bicyclic) bond motifs is 1. The molecule has 1 heterocycles. The Morgan fingerprint density at radius 1 is 0.886 bits per heavy atom. The monoisotopic (exact) mass is 831 g/mol. The summed E-state index contributed by atoms with van der Waals surface area (Å²) >= 11 is -1.93. The standard InChI is InChI=1S/C26H26GeN.C13H24O2.Ir/c1-18-13-19(2)15-21(14-18)26-17-23(20-9-7-6-8-10-20)24-16-22(27(3,4)5)11-12-25(24)28-26;1-7-12(3,4)10(14)9-11(15)13(5,6)8-2;/h6-14,16-17H,1-5H3;9,14H,7-8H2,1-6H3;/q-1;;/b;10-9-;. The quantitative estimate of drug-likeness (QED) is 0.0833. The molecule has 3 aromatic carbocycles. The Kier molecular flexibility index (Phi) is 13.0. The first-order valence-electron chi connectivity index (χ1n) is 15.5. The van der Waals surface area contributed by atoms with Gasteiger partial charge in [0.2, 0.25) is 0 Å². The Morgan fingerprint density at radius 2 is 1.50 bits per heavy atom. The van der Waals surface area contributed by atoms with E-state index in [0.29, 0.717) is 0 Å². The predicted molar refractivity (Wildman–Crippen MR) is 188 cm³/mol. The molecule has 1 radical (unpaired) electrons. The zero-order valence-corrected chi connectivity index (χ0v) is 33.0. The van der Waals surface area contributed by atoms with E-state index in [4.69, 9.17) is 4.98 Å². The van der Waals surface area contributed by atoms with Crippen molar-refractivity contribution in [3.05, 3.63) is 95.8 Å². The predicted octanol–water partition coefficient (Wildman–Crippen LogP) is 10.4. The number of aromatic nitrogens is 1. The van der Waals surface area contributed by atoms with Crippen molar-refractivity contribution in [2.45, 2.75) is 85.5 Å². The molecular weight excluding hydrogens is 779 g/mol. The fourth-order valence-corrected chi connectivity index (χ4v) is 7.03. The number of pyridine rings is 1. The van der Waals surface area contributed by atoms with E-state index in [1.165, 1.54) is 32.5 Å². The average Bonchev–Trinajstić information content (AvgIpc) is 2.96. The number of benzene rings is 3. The van der Waals surface area contributed by atoms with Gasteiger partial charge in [-0.1, -0.05) is 41.5 Å². The van der Waals surface area contributed by atoms with E-state index >= 15 is 0 Å². The minimum Gasteiger partial charge on any atom is 0 e. The van der Waals surface area contributed by atoms with Gasteiger partial charge in [-0.15, -0.1) is 0 Å². The first kappa shape index (κ1) is 37.7. The number of hydrogen-bond donors (Lipinski definition) is 1. The third kappa shape index (κ3) is 9.49. The maximum Gasteiger partial charge on any atom is 0 e. The summed E-state index contributed by atoms with van der Waals surface area (Å²) in [5, 5.41) is 11.1. The van der Waals surface area contributed by atoms with Gasteiger partial charge in [0.05, 0.1) is 0 Å². The summed E-state index contributed by atoms with van der Waals surface area (Å²) in [4.78, 5) is 16.9. The van der Waals surface area contributed by atoms with E-state index in [1.807, 2.05) is 41.5 Å². The van der Waals surface area contributed by atoms with Crippen LogP contribution in [-0.4, -0.2) is 29.1 Å². The molecule has 0 aliphatic carbocycles. The number of nitrogens with zero attached hydrogens (tertiary/aromatic N) is 1. The number of allylic oxidation sites excluding steroid dienone is 2. The van der Waals surface area contributed by atoms with Crippen LogP contribution in [0.25, 0.3) is 33.3 Å². The number of ketones is 1. The minimum absolute atomic E-state index is 0. The van der Waals surface area contributed by atoms with Crippen molar-refractivity contribution in [1.82, 2.24) is 4.98 Å². The second kappa shape index (κ2) is 15.2. The molecule has 3 nitrogen and oxygen atoms in total. The Morgan fingerprint density at radius 3 is 2.05 bits per heavy atom. The normalized spacial score (nSPS) is 12.3. The molecule has 0 aliphatic rings. The topological polar surface area (TPSA) is 50.2 Å². The van der Waals surface area contributed by atoms with Crippen LogP contribution in [0.2, 0.25) is 17.3 Å². The van der Waals surface area contributed by atoms with Gasteiger partial charge in [-0.05, 0) is 12.8 Å². The molecule has 0 saturated heterocycles. The van der Waals surface area contributed by atoms with Gasteiger partial charge in [-0.3, -0.25) is 4.79 Å². The fourth-order valence-electron chi connectivity index (χ4n) is 4.59. The maximum atomic E-state index is 11.8. The molecule has 0 spiro atoms. The molecule has 0 atom stereocenters. The average molecular weight is 830 g/mol. The van der Waals surface area contributed by atoms with E-state index in [2.05, 4.69) is 104 Å². The van der Waals surface area contributed by atoms with Gasteiger partial charge in [0, 0.05) is 37.0 Å². The number of aryl methyl sites for hydroxylation is 2. The molecule has 44 heavy (non-hydrogen) atoms. The SMILES string of the molecule is CCC(C)(C)C(=O)/C=C(\O)C(C)(C)CC.Cc1[c-]c(-c2cc(-c3ccccc3)c3c[c]([Ge]([CH3])([CH3])[CH3])ccc3n2)cc(C)c1.[Ir]. The molecule has 0 fully saturated rings. The Bertz CT molecular complexity index is 1590. The van der Waals surface area contributed by atoms with E-state index in [9.17, 15) is 9.90 Å². The first-order valence-corrected chi connectivity index (χ1v) is 22.8. The first-order chi connectivity index (χ1) is 20.0. The van der Waals surface area contributed by atoms with Crippen LogP contribution in [0, 0.1) is 30.7 Å². The van der Waals surface area contributed by atoms with Crippen molar-refractivity contribution in [3.63, 3.8) is 0 Å². The molecule has 0 amide bonds. The number of carbonyl (C=O) groups is 1. The summed E-state index contributed by atoms with van der Waals surface area (Å²) in [5.74, 6) is 7.52. The summed E-state index contributed by atoms with van der Waals surface area (Å²) in [5.41, 5.74) is 7.30. The molecule has 4 rings (SSSR count). The van der Waals surface area contributed by atoms with Crippen molar-refractivity contribution in [2.75, 3.05) is 0 Å². The van der Waals surface area contributed by atoms with Crippen LogP contribution in [0.4, 0.5) is 0 Å². The van der Waals surface area contributed by atoms with Crippen LogP contribution in [0.1, 0.15) is 65.5 Å². The van der Waals surface area contributed by atoms with Crippen LogP contribution < -0.4 is 4.40 Å². The van der Waals surface area contributed by atoms with Crippen molar-refractivity contribution < 1.29 is 30.0 Å². The molecule has 0 aliphatic heterocycles. The number of hydrogen-bond acceptors (Lipinski definition) is 3. The molecule has 0 saturated carbocycles. The van der Waals surface area contributed by atoms with Crippen molar-refractivity contribution in [2.24, 2.45) is 10.8 Å². The number of rotatable bonds is 8. The zero-order chi connectivity index (χ0) is 32.2. The number of carbonyl (C=O) groups excluding carboxylic acids is 1. The molecule has 0 unspecified atom stereocenters. The van der Waals surface area contributed by atoms with Gasteiger partial charge >= 0.3 is 171 Å². The molecule has 1 aromatic heterocycles. The molecule has 0 bridgehead atoms. The molecular formula is C39H50GeIrNO2-. The summed E-state index contributed by atoms with van der Waals surface area (Å²) < 4.78 is 1.51. The minimum atomic E-state index is -1.93. The maximum absolute atomic E-state index is 11.8. The van der Waals surface area contributed by atoms with Gasteiger partial charge in [-0.2, -0.15) is 0 Å². The Labute approximate surface area is 282 Å². The number of aliphatic hydroxyl groups is 1. The van der Waals surface area contributed by atoms with Crippen molar-refractivity contribution >= 4 is 34.3 Å². The molecule has 5 heteroatoms. The molecule has 4 aromatic rings. The van der Waals surface area contributed by atoms with Crippen molar-refractivity contribution in [3.8, 4) is 22.4 Å². The van der Waals surface area contributed by atoms with Gasteiger partial charge in [0.1, 0.15) is 5.76 Å². The second-order valence-electron chi connectivity index (χ2n) is 14.0. The van der Waals surface area contributed by atoms with E-state index in [0.717, 1.165) is 35.2 Å². The third-order valence-corrected chi connectivity index (χ3v) is 12.9. The van der Waals surface area contributed by atoms with E-state index in [-0.39, 0.29) is 42.5 Å². The molecule has 237 valence electrons. The summed E-state index contributed by atoms with van der Waals surface area (Å²) in [7, 11) is 0. The van der Waals surface area contributed by atoms with Crippen LogP contribution in [-0.2, 0) is 24.9 Å². The van der Waals surface area contributed by atoms with Gasteiger partial charge in [0.25, 0.3) is 0 Å². The van der Waals surface area contributed by atoms with E-state index < -0.39 is 13.3 Å². The van der Waals surface area contributed by atoms with Crippen LogP contribution in [0.3, 0.4) is 0 Å². The smallest absolute Gasteiger partial charge is 0 e. The Balaban J connectivity index is 0.000000363. The van der Waals surface area contributed by atoms with Gasteiger partial charge in [0.15, 0.2) is 5.78 Å². The summed E-state index contributed by atoms with van der Waals surface area (Å²) in [6.07, 6.45) is 2.99. The van der Waals surface area contributed by atoms with Gasteiger partial charge in [-0.25, -0.2) is 0 Å². The molecule has 1 N–H and O–H groups in total. The van der Waals surface area contributed by atoms with E-state index in [1.54, 1.807) is 0 Å². The van der Waals surface area contributed by atoms with Crippen LogP contribution in [0.15, 0.2) is 78.6 Å². The van der Waals surface area contributed by atoms with Crippen LogP contribution in [0.5, 0.6) is 0 Å². The second-order valence-corrected chi connectivity index (χ2v) is 24.7. The third-order valence-electron chi connectivity index (χ3n) is 8.58. The van der Waals surface area contributed by atoms with Gasteiger partial charge < -0.3 is 5.11 Å². The largest absolute Gasteiger partial charge is 0 e.